The summed E-state index contributed by atoms with van der Waals surface area (Å²) in [5, 5.41) is 7.76. The molecule has 38 heavy (non-hydrogen) atoms. The molecule has 208 valence electrons. The van der Waals surface area contributed by atoms with Crippen LogP contribution in [0.5, 0.6) is 11.5 Å². The highest BCUT2D eigenvalue weighted by molar-refractivity contribution is 7.93. The number of allylic oxidation sites excluding steroid dienone is 3. The van der Waals surface area contributed by atoms with Gasteiger partial charge in [-0.15, -0.1) is 10.2 Å². The average Bonchev–Trinajstić information content (AvgIpc) is 3.25. The van der Waals surface area contributed by atoms with Crippen LogP contribution in [-0.4, -0.2) is 62.6 Å². The number of benzene rings is 1. The predicted octanol–water partition coefficient (Wildman–Crippen LogP) is 4.87. The van der Waals surface area contributed by atoms with Crippen molar-refractivity contribution in [2.24, 2.45) is 16.3 Å². The van der Waals surface area contributed by atoms with Gasteiger partial charge in [-0.1, -0.05) is 26.0 Å². The lowest BCUT2D eigenvalue weighted by atomic mass is 9.62. The van der Waals surface area contributed by atoms with Gasteiger partial charge >= 0.3 is 0 Å². The minimum absolute atomic E-state index is 0.00895. The first-order valence-corrected chi connectivity index (χ1v) is 14.0. The van der Waals surface area contributed by atoms with Gasteiger partial charge in [-0.2, -0.15) is 0 Å². The first-order valence-electron chi connectivity index (χ1n) is 12.4. The predicted molar refractivity (Wildman–Crippen MR) is 151 cm³/mol. The maximum absolute atomic E-state index is 13.7. The fourth-order valence-electron chi connectivity index (χ4n) is 5.21. The lowest BCUT2D eigenvalue weighted by molar-refractivity contribution is -0.0367. The molecular formula is C27H39N5O5S. The molecule has 1 aromatic heterocycles. The number of para-hydroxylation sites is 1. The molecule has 2 atom stereocenters. The zero-order valence-electron chi connectivity index (χ0n) is 23.5. The third-order valence-corrected chi connectivity index (χ3v) is 8.65. The van der Waals surface area contributed by atoms with Crippen LogP contribution in [0.1, 0.15) is 53.3 Å². The summed E-state index contributed by atoms with van der Waals surface area (Å²) in [4.78, 5) is 3.81. The fraction of sp³-hybridized carbons (Fsp3) is 0.519. The number of rotatable bonds is 12. The van der Waals surface area contributed by atoms with E-state index in [2.05, 4.69) is 40.5 Å². The van der Waals surface area contributed by atoms with Crippen LogP contribution in [0, 0.1) is 11.3 Å². The molecule has 1 aliphatic carbocycles. The standard InChI is InChI=1S/C27H39N5O5S/c1-17(16-28-6)13-18(2)25-29-30-26(32(25)23-21(35-7)11-10-12-22(23)36-8)31-38(33,34)19(3)24(37-9)20-14-27(4,5)15-20/h10-13,16,19-20,24H,6,14-15H2,1-5,7-9H3,(H,30,31)/b17-16-,18-13+/t19-,24+/m0/s1. The quantitative estimate of drug-likeness (QED) is 0.299. The molecule has 11 heteroatoms. The molecule has 1 heterocycles. The number of nitrogens with zero attached hydrogens (tertiary/aromatic N) is 4. The van der Waals surface area contributed by atoms with Crippen LogP contribution in [0.2, 0.25) is 0 Å². The van der Waals surface area contributed by atoms with Crippen LogP contribution in [0.3, 0.4) is 0 Å². The van der Waals surface area contributed by atoms with E-state index < -0.39 is 21.4 Å². The summed E-state index contributed by atoms with van der Waals surface area (Å²) < 4.78 is 48.5. The first kappa shape index (κ1) is 29.4. The Hall–Kier alpha value is -3.18. The van der Waals surface area contributed by atoms with E-state index in [1.807, 2.05) is 19.9 Å². The first-order chi connectivity index (χ1) is 17.9. The number of ether oxygens (including phenoxy) is 3. The Kier molecular flexibility index (Phi) is 9.04. The van der Waals surface area contributed by atoms with Gasteiger partial charge in [0.25, 0.3) is 0 Å². The summed E-state index contributed by atoms with van der Waals surface area (Å²) in [5.41, 5.74) is 2.20. The smallest absolute Gasteiger partial charge is 0.243 e. The Morgan fingerprint density at radius 1 is 1.18 bits per heavy atom. The second-order valence-electron chi connectivity index (χ2n) is 10.5. The van der Waals surface area contributed by atoms with Crippen molar-refractivity contribution in [3.05, 3.63) is 41.9 Å². The van der Waals surface area contributed by atoms with Crippen molar-refractivity contribution in [2.45, 2.75) is 58.8 Å². The summed E-state index contributed by atoms with van der Waals surface area (Å²) in [5.74, 6) is 1.48. The lowest BCUT2D eigenvalue weighted by Crippen LogP contribution is -2.48. The molecule has 0 radical (unpaired) electrons. The number of methoxy groups -OCH3 is 3. The molecule has 2 aromatic rings. The van der Waals surface area contributed by atoms with Crippen LogP contribution < -0.4 is 14.2 Å². The molecule has 0 bridgehead atoms. The minimum Gasteiger partial charge on any atom is -0.494 e. The monoisotopic (exact) mass is 545 g/mol. The Morgan fingerprint density at radius 2 is 1.79 bits per heavy atom. The Labute approximate surface area is 225 Å². The van der Waals surface area contributed by atoms with Gasteiger partial charge in [0.1, 0.15) is 22.4 Å². The SMILES string of the molecule is C=N/C=C(C)\C=C(/C)c1nnc(NS(=O)(=O)[C@@H](C)[C@@H](OC)C2CC(C)(C)C2)n1-c1c(OC)cccc1OC. The second-order valence-corrected chi connectivity index (χ2v) is 12.5. The molecule has 1 saturated carbocycles. The van der Waals surface area contributed by atoms with Gasteiger partial charge in [-0.3, -0.25) is 14.3 Å². The van der Waals surface area contributed by atoms with Crippen LogP contribution in [0.15, 0.2) is 41.0 Å². The number of nitrogens with one attached hydrogen (secondary N) is 1. The van der Waals surface area contributed by atoms with E-state index in [1.165, 1.54) is 14.2 Å². The van der Waals surface area contributed by atoms with Crippen LogP contribution in [0.4, 0.5) is 5.95 Å². The van der Waals surface area contributed by atoms with Gasteiger partial charge in [-0.05, 0) is 74.9 Å². The molecule has 0 unspecified atom stereocenters. The summed E-state index contributed by atoms with van der Waals surface area (Å²) >= 11 is 0. The van der Waals surface area contributed by atoms with Crippen molar-refractivity contribution in [1.29, 1.82) is 0 Å². The zero-order valence-corrected chi connectivity index (χ0v) is 24.3. The van der Waals surface area contributed by atoms with Gasteiger partial charge in [0.15, 0.2) is 5.82 Å². The molecule has 1 fully saturated rings. The largest absolute Gasteiger partial charge is 0.494 e. The molecule has 0 spiro atoms. The Balaban J connectivity index is 2.12. The van der Waals surface area contributed by atoms with E-state index in [0.29, 0.717) is 28.6 Å². The number of aromatic nitrogens is 3. The maximum Gasteiger partial charge on any atom is 0.243 e. The normalized spacial score (nSPS) is 17.9. The zero-order chi connectivity index (χ0) is 28.3. The Bertz CT molecular complexity index is 1300. The number of anilines is 1. The van der Waals surface area contributed by atoms with E-state index in [4.69, 9.17) is 14.2 Å². The van der Waals surface area contributed by atoms with E-state index in [1.54, 1.807) is 43.0 Å². The molecule has 1 N–H and O–H groups in total. The molecule has 0 amide bonds. The van der Waals surface area contributed by atoms with Gasteiger partial charge in [0, 0.05) is 13.3 Å². The molecule has 0 aliphatic heterocycles. The highest BCUT2D eigenvalue weighted by Gasteiger charge is 2.45. The second kappa shape index (κ2) is 11.7. The van der Waals surface area contributed by atoms with Crippen molar-refractivity contribution in [3.63, 3.8) is 0 Å². The van der Waals surface area contributed by atoms with E-state index in [9.17, 15) is 8.42 Å². The van der Waals surface area contributed by atoms with Crippen molar-refractivity contribution >= 4 is 28.3 Å². The molecule has 1 aliphatic rings. The molecule has 3 rings (SSSR count). The van der Waals surface area contributed by atoms with Gasteiger partial charge < -0.3 is 14.2 Å². The average molecular weight is 546 g/mol. The lowest BCUT2D eigenvalue weighted by Gasteiger charge is -2.47. The van der Waals surface area contributed by atoms with Crippen LogP contribution >= 0.6 is 0 Å². The number of aliphatic imine (C=N–C) groups is 1. The minimum atomic E-state index is -3.93. The van der Waals surface area contributed by atoms with E-state index in [0.717, 1.165) is 18.4 Å². The van der Waals surface area contributed by atoms with E-state index in [-0.39, 0.29) is 17.3 Å². The summed E-state index contributed by atoms with van der Waals surface area (Å²) in [7, 11) is 0.690. The topological polar surface area (TPSA) is 117 Å². The molecule has 1 aromatic carbocycles. The van der Waals surface area contributed by atoms with Gasteiger partial charge in [0.05, 0.1) is 20.3 Å². The summed E-state index contributed by atoms with van der Waals surface area (Å²) in [6, 6.07) is 5.30. The summed E-state index contributed by atoms with van der Waals surface area (Å²) in [6.07, 6.45) is 4.82. The van der Waals surface area contributed by atoms with Gasteiger partial charge in [0.2, 0.25) is 16.0 Å². The van der Waals surface area contributed by atoms with E-state index >= 15 is 0 Å². The van der Waals surface area contributed by atoms with Crippen molar-refractivity contribution in [1.82, 2.24) is 14.8 Å². The summed E-state index contributed by atoms with van der Waals surface area (Å²) in [6.45, 7) is 13.2. The van der Waals surface area contributed by atoms with Crippen molar-refractivity contribution in [2.75, 3.05) is 26.1 Å². The molecular weight excluding hydrogens is 506 g/mol. The number of hydrogen-bond donors (Lipinski definition) is 1. The van der Waals surface area contributed by atoms with Gasteiger partial charge in [-0.25, -0.2) is 8.42 Å². The third kappa shape index (κ3) is 6.10. The maximum atomic E-state index is 13.7. The molecule has 0 saturated heterocycles. The highest BCUT2D eigenvalue weighted by atomic mass is 32.2. The fourth-order valence-corrected chi connectivity index (χ4v) is 6.47. The highest BCUT2D eigenvalue weighted by Crippen LogP contribution is 2.48. The van der Waals surface area contributed by atoms with Crippen molar-refractivity contribution < 1.29 is 22.6 Å². The van der Waals surface area contributed by atoms with Crippen molar-refractivity contribution in [3.8, 4) is 17.2 Å². The van der Waals surface area contributed by atoms with Crippen LogP contribution in [0.25, 0.3) is 11.3 Å². The number of hydrogen-bond acceptors (Lipinski definition) is 8. The third-order valence-electron chi connectivity index (χ3n) is 6.93. The number of sulfonamides is 1. The molecule has 10 nitrogen and oxygen atoms in total. The van der Waals surface area contributed by atoms with Crippen LogP contribution in [-0.2, 0) is 14.8 Å². The Morgan fingerprint density at radius 3 is 2.29 bits per heavy atom.